The number of H-pyrrole nitrogens is 1. The number of nitrogens with one attached hydrogen (secondary N) is 2. The molecule has 7 heteroatoms. The van der Waals surface area contributed by atoms with Crippen molar-refractivity contribution in [3.8, 4) is 11.5 Å². The summed E-state index contributed by atoms with van der Waals surface area (Å²) in [7, 11) is 2.90. The van der Waals surface area contributed by atoms with Crippen molar-refractivity contribution in [2.75, 3.05) is 19.5 Å². The van der Waals surface area contributed by atoms with Crippen molar-refractivity contribution in [3.63, 3.8) is 0 Å². The number of rotatable bonds is 5. The molecule has 0 saturated carbocycles. The third kappa shape index (κ3) is 3.17. The van der Waals surface area contributed by atoms with E-state index in [0.29, 0.717) is 16.5 Å². The van der Waals surface area contributed by atoms with E-state index in [2.05, 4.69) is 10.3 Å². The number of aromatic nitrogens is 1. The summed E-state index contributed by atoms with van der Waals surface area (Å²) in [6.07, 6.45) is 1.56. The van der Waals surface area contributed by atoms with Gasteiger partial charge < -0.3 is 19.8 Å². The highest BCUT2D eigenvalue weighted by Crippen LogP contribution is 2.35. The number of anilines is 1. The molecule has 6 nitrogen and oxygen atoms in total. The lowest BCUT2D eigenvalue weighted by Gasteiger charge is -2.12. The number of aromatic amines is 1. The fourth-order valence-corrected chi connectivity index (χ4v) is 1.97. The van der Waals surface area contributed by atoms with Gasteiger partial charge in [-0.2, -0.15) is 0 Å². The Morgan fingerprint density at radius 3 is 2.48 bits per heavy atom. The normalized spacial score (nSPS) is 10.0. The first-order chi connectivity index (χ1) is 10.1. The number of hydrogen-bond acceptors (Lipinski definition) is 4. The summed E-state index contributed by atoms with van der Waals surface area (Å²) in [6, 6.07) is 6.13. The van der Waals surface area contributed by atoms with Gasteiger partial charge in [-0.15, -0.1) is 0 Å². The lowest BCUT2D eigenvalue weighted by atomic mass is 10.2. The zero-order chi connectivity index (χ0) is 15.4. The molecule has 2 rings (SSSR count). The van der Waals surface area contributed by atoms with Gasteiger partial charge in [0.2, 0.25) is 0 Å². The minimum Gasteiger partial charge on any atom is -0.495 e. The molecular formula is C14H13ClN2O4. The predicted molar refractivity (Wildman–Crippen MR) is 78.3 cm³/mol. The zero-order valence-electron chi connectivity index (χ0n) is 11.4. The third-order valence-corrected chi connectivity index (χ3v) is 3.07. The lowest BCUT2D eigenvalue weighted by molar-refractivity contribution is -0.112. The third-order valence-electron chi connectivity index (χ3n) is 2.77. The van der Waals surface area contributed by atoms with Crippen LogP contribution in [0.15, 0.2) is 30.5 Å². The summed E-state index contributed by atoms with van der Waals surface area (Å²) < 4.78 is 10.2. The maximum absolute atomic E-state index is 11.9. The molecule has 0 radical (unpaired) electrons. The summed E-state index contributed by atoms with van der Waals surface area (Å²) >= 11 is 6.00. The quantitative estimate of drug-likeness (QED) is 0.657. The first-order valence-corrected chi connectivity index (χ1v) is 6.35. The summed E-state index contributed by atoms with van der Waals surface area (Å²) in [5, 5.41) is 2.76. The Labute approximate surface area is 126 Å². The number of ether oxygens (including phenoxy) is 2. The summed E-state index contributed by atoms with van der Waals surface area (Å²) in [5.74, 6) is -0.739. The molecule has 0 unspecified atom stereocenters. The van der Waals surface area contributed by atoms with Gasteiger partial charge >= 0.3 is 0 Å². The van der Waals surface area contributed by atoms with Crippen LogP contribution in [-0.2, 0) is 4.79 Å². The number of hydrogen-bond donors (Lipinski definition) is 2. The molecule has 0 saturated heterocycles. The Bertz CT molecular complexity index is 668. The van der Waals surface area contributed by atoms with Gasteiger partial charge in [0.05, 0.1) is 30.6 Å². The minimum atomic E-state index is -0.794. The van der Waals surface area contributed by atoms with Crippen LogP contribution in [0.3, 0.4) is 0 Å². The Morgan fingerprint density at radius 2 is 1.90 bits per heavy atom. The van der Waals surface area contributed by atoms with Crippen LogP contribution >= 0.6 is 11.6 Å². The van der Waals surface area contributed by atoms with Crippen molar-refractivity contribution in [2.24, 2.45) is 0 Å². The van der Waals surface area contributed by atoms with Crippen molar-refractivity contribution in [3.05, 3.63) is 41.2 Å². The number of ketones is 1. The molecule has 2 N–H and O–H groups in total. The van der Waals surface area contributed by atoms with Crippen LogP contribution in [0.25, 0.3) is 0 Å². The van der Waals surface area contributed by atoms with Crippen LogP contribution in [0.2, 0.25) is 5.02 Å². The molecule has 110 valence electrons. The number of amides is 1. The Hall–Kier alpha value is -2.47. The van der Waals surface area contributed by atoms with Crippen molar-refractivity contribution < 1.29 is 19.1 Å². The fraction of sp³-hybridized carbons (Fsp3) is 0.143. The second-order valence-corrected chi connectivity index (χ2v) is 4.46. The first kappa shape index (κ1) is 14.9. The standard InChI is InChI=1S/C14H13ClN2O4/c1-20-11-7-12(21-2)10(6-8(11)15)17-14(19)13(18)9-4-3-5-16-9/h3-7,16H,1-2H3,(H,17,19). The molecule has 0 spiro atoms. The maximum atomic E-state index is 11.9. The van der Waals surface area contributed by atoms with E-state index >= 15 is 0 Å². The zero-order valence-corrected chi connectivity index (χ0v) is 12.2. The van der Waals surface area contributed by atoms with Gasteiger partial charge in [0.25, 0.3) is 11.7 Å². The van der Waals surface area contributed by atoms with Gasteiger partial charge in [-0.05, 0) is 18.2 Å². The Morgan fingerprint density at radius 1 is 1.19 bits per heavy atom. The van der Waals surface area contributed by atoms with E-state index in [0.717, 1.165) is 0 Å². The summed E-state index contributed by atoms with van der Waals surface area (Å²) in [6.45, 7) is 0. The largest absolute Gasteiger partial charge is 0.495 e. The number of Topliss-reactive ketones (excluding diaryl/α,β-unsaturated/α-hetero) is 1. The second kappa shape index (κ2) is 6.32. The van der Waals surface area contributed by atoms with Crippen molar-refractivity contribution >= 4 is 29.0 Å². The SMILES string of the molecule is COc1cc(OC)c(NC(=O)C(=O)c2ccc[nH]2)cc1Cl. The molecule has 2 aromatic rings. The summed E-state index contributed by atoms with van der Waals surface area (Å²) in [4.78, 5) is 26.5. The molecule has 0 aliphatic carbocycles. The fourth-order valence-electron chi connectivity index (χ4n) is 1.73. The molecule has 0 bridgehead atoms. The molecule has 1 heterocycles. The van der Waals surface area contributed by atoms with Crippen LogP contribution in [0, 0.1) is 0 Å². The smallest absolute Gasteiger partial charge is 0.298 e. The average Bonchev–Trinajstić information content (AvgIpc) is 3.00. The monoisotopic (exact) mass is 308 g/mol. The number of halogens is 1. The van der Waals surface area contributed by atoms with Gasteiger partial charge in [0.15, 0.2) is 0 Å². The number of benzene rings is 1. The van der Waals surface area contributed by atoms with Crippen molar-refractivity contribution in [1.82, 2.24) is 4.98 Å². The highest BCUT2D eigenvalue weighted by Gasteiger charge is 2.19. The van der Waals surface area contributed by atoms with Gasteiger partial charge in [-0.3, -0.25) is 9.59 Å². The maximum Gasteiger partial charge on any atom is 0.298 e. The molecule has 1 amide bonds. The molecule has 1 aromatic heterocycles. The van der Waals surface area contributed by atoms with E-state index in [9.17, 15) is 9.59 Å². The van der Waals surface area contributed by atoms with Crippen molar-refractivity contribution in [2.45, 2.75) is 0 Å². The van der Waals surface area contributed by atoms with Crippen molar-refractivity contribution in [1.29, 1.82) is 0 Å². The first-order valence-electron chi connectivity index (χ1n) is 5.97. The molecule has 1 aromatic carbocycles. The Kier molecular flexibility index (Phi) is 4.49. The van der Waals surface area contributed by atoms with E-state index in [1.165, 1.54) is 32.4 Å². The van der Waals surface area contributed by atoms with E-state index in [-0.39, 0.29) is 11.4 Å². The number of carbonyl (C=O) groups excluding carboxylic acids is 2. The van der Waals surface area contributed by atoms with Gasteiger partial charge in [-0.1, -0.05) is 11.6 Å². The second-order valence-electron chi connectivity index (χ2n) is 4.05. The van der Waals surface area contributed by atoms with E-state index in [1.54, 1.807) is 12.3 Å². The van der Waals surface area contributed by atoms with Crippen LogP contribution in [0.1, 0.15) is 10.5 Å². The van der Waals surface area contributed by atoms with Crippen LogP contribution in [0.4, 0.5) is 5.69 Å². The van der Waals surface area contributed by atoms with Gasteiger partial charge in [-0.25, -0.2) is 0 Å². The number of carbonyl (C=O) groups is 2. The van der Waals surface area contributed by atoms with E-state index < -0.39 is 11.7 Å². The van der Waals surface area contributed by atoms with Gasteiger partial charge in [0, 0.05) is 12.3 Å². The topological polar surface area (TPSA) is 80.4 Å². The highest BCUT2D eigenvalue weighted by molar-refractivity contribution is 6.46. The predicted octanol–water partition coefficient (Wildman–Crippen LogP) is 2.51. The minimum absolute atomic E-state index is 0.200. The van der Waals surface area contributed by atoms with Crippen LogP contribution in [0.5, 0.6) is 11.5 Å². The summed E-state index contributed by atoms with van der Waals surface area (Å²) in [5.41, 5.74) is 0.485. The molecule has 21 heavy (non-hydrogen) atoms. The average molecular weight is 309 g/mol. The highest BCUT2D eigenvalue weighted by atomic mass is 35.5. The lowest BCUT2D eigenvalue weighted by Crippen LogP contribution is -2.23. The van der Waals surface area contributed by atoms with E-state index in [4.69, 9.17) is 21.1 Å². The molecule has 0 fully saturated rings. The number of methoxy groups -OCH3 is 2. The van der Waals surface area contributed by atoms with E-state index in [1.807, 2.05) is 0 Å². The Balaban J connectivity index is 2.25. The molecule has 0 aliphatic heterocycles. The molecular weight excluding hydrogens is 296 g/mol. The van der Waals surface area contributed by atoms with Crippen LogP contribution < -0.4 is 14.8 Å². The van der Waals surface area contributed by atoms with Gasteiger partial charge in [0.1, 0.15) is 11.5 Å². The van der Waals surface area contributed by atoms with Crippen LogP contribution in [-0.4, -0.2) is 30.9 Å². The molecule has 0 atom stereocenters. The molecule has 0 aliphatic rings.